The third-order valence-corrected chi connectivity index (χ3v) is 5.98. The van der Waals surface area contributed by atoms with Crippen LogP contribution in [-0.2, 0) is 10.0 Å². The monoisotopic (exact) mass is 374 g/mol. The summed E-state index contributed by atoms with van der Waals surface area (Å²) in [6.45, 7) is 3.62. The highest BCUT2D eigenvalue weighted by atomic mass is 35.5. The predicted molar refractivity (Wildman–Crippen MR) is 89.4 cm³/mol. The Kier molecular flexibility index (Phi) is 5.69. The molecule has 2 rings (SSSR count). The summed E-state index contributed by atoms with van der Waals surface area (Å²) in [7, 11) is -3.73. The van der Waals surface area contributed by atoms with Crippen molar-refractivity contribution in [3.8, 4) is 0 Å². The maximum absolute atomic E-state index is 12.1. The summed E-state index contributed by atoms with van der Waals surface area (Å²) >= 11 is 6.55. The van der Waals surface area contributed by atoms with Crippen molar-refractivity contribution in [3.63, 3.8) is 0 Å². The van der Waals surface area contributed by atoms with Crippen LogP contribution >= 0.6 is 22.9 Å². The van der Waals surface area contributed by atoms with E-state index in [0.717, 1.165) is 11.3 Å². The molecule has 124 valence electrons. The van der Waals surface area contributed by atoms with Gasteiger partial charge in [0.05, 0.1) is 0 Å². The van der Waals surface area contributed by atoms with E-state index in [1.807, 2.05) is 6.92 Å². The molecule has 0 aliphatic carbocycles. The van der Waals surface area contributed by atoms with Gasteiger partial charge in [-0.1, -0.05) is 29.9 Å². The number of halogens is 1. The molecule has 0 spiro atoms. The first-order valence-electron chi connectivity index (χ1n) is 6.74. The Hall–Kier alpha value is -1.55. The van der Waals surface area contributed by atoms with Gasteiger partial charge in [0.25, 0.3) is 15.9 Å². The van der Waals surface area contributed by atoms with E-state index in [1.54, 1.807) is 31.2 Å². The molecule has 2 aromatic rings. The number of rotatable bonds is 6. The van der Waals surface area contributed by atoms with Crippen LogP contribution in [0.4, 0.5) is 5.13 Å². The lowest BCUT2D eigenvalue weighted by atomic mass is 10.2. The predicted octanol–water partition coefficient (Wildman–Crippen LogP) is 2.52. The molecular formula is C13H15ClN4O3S2. The van der Waals surface area contributed by atoms with Gasteiger partial charge in [-0.3, -0.25) is 10.1 Å². The molecule has 1 amide bonds. The largest absolute Gasteiger partial charge is 0.296 e. The van der Waals surface area contributed by atoms with E-state index in [9.17, 15) is 13.2 Å². The van der Waals surface area contributed by atoms with Crippen LogP contribution in [0.2, 0.25) is 5.02 Å². The molecule has 1 aromatic heterocycles. The van der Waals surface area contributed by atoms with Crippen LogP contribution in [0.3, 0.4) is 0 Å². The lowest BCUT2D eigenvalue weighted by molar-refractivity contribution is 0.102. The summed E-state index contributed by atoms with van der Waals surface area (Å²) in [4.78, 5) is 12.0. The number of nitrogens with one attached hydrogen (secondary N) is 2. The minimum absolute atomic E-state index is 0.106. The number of sulfonamides is 1. The number of hydrogen-bond donors (Lipinski definition) is 2. The number of carbonyl (C=O) groups is 1. The van der Waals surface area contributed by atoms with Gasteiger partial charge in [0.2, 0.25) is 9.47 Å². The molecule has 23 heavy (non-hydrogen) atoms. The molecule has 1 aromatic carbocycles. The minimum atomic E-state index is -3.73. The molecule has 10 heteroatoms. The standard InChI is InChI=1S/C13H15ClN4O3S2/c1-3-8(2)18-23(20,21)13-17-16-12(22-13)15-11(19)9-4-6-10(14)7-5-9/h4-8,18H,3H2,1-2H3,(H,15,16,19). The second kappa shape index (κ2) is 7.35. The number of carbonyl (C=O) groups excluding carboxylic acids is 1. The summed E-state index contributed by atoms with van der Waals surface area (Å²) < 4.78 is 26.4. The minimum Gasteiger partial charge on any atom is -0.296 e. The van der Waals surface area contributed by atoms with Gasteiger partial charge in [-0.2, -0.15) is 0 Å². The van der Waals surface area contributed by atoms with Gasteiger partial charge in [-0.25, -0.2) is 13.1 Å². The fraction of sp³-hybridized carbons (Fsp3) is 0.308. The lowest BCUT2D eigenvalue weighted by Gasteiger charge is -2.08. The highest BCUT2D eigenvalue weighted by molar-refractivity contribution is 7.91. The fourth-order valence-corrected chi connectivity index (χ4v) is 3.90. The normalized spacial score (nSPS) is 12.8. The summed E-state index contributed by atoms with van der Waals surface area (Å²) in [6.07, 6.45) is 0.651. The number of hydrogen-bond acceptors (Lipinski definition) is 6. The van der Waals surface area contributed by atoms with E-state index in [4.69, 9.17) is 11.6 Å². The number of aromatic nitrogens is 2. The van der Waals surface area contributed by atoms with Gasteiger partial charge in [0, 0.05) is 16.6 Å². The number of anilines is 1. The van der Waals surface area contributed by atoms with E-state index in [0.29, 0.717) is 17.0 Å². The first-order chi connectivity index (χ1) is 10.8. The Morgan fingerprint density at radius 2 is 1.96 bits per heavy atom. The molecule has 0 bridgehead atoms. The summed E-state index contributed by atoms with van der Waals surface area (Å²) in [5, 5.41) is 10.4. The van der Waals surface area contributed by atoms with Gasteiger partial charge in [0.15, 0.2) is 0 Å². The van der Waals surface area contributed by atoms with E-state index in [1.165, 1.54) is 0 Å². The Balaban J connectivity index is 2.10. The van der Waals surface area contributed by atoms with E-state index >= 15 is 0 Å². The fourth-order valence-electron chi connectivity index (χ4n) is 1.54. The van der Waals surface area contributed by atoms with Crippen LogP contribution < -0.4 is 10.0 Å². The van der Waals surface area contributed by atoms with E-state index in [-0.39, 0.29) is 15.5 Å². The highest BCUT2D eigenvalue weighted by Gasteiger charge is 2.22. The number of amides is 1. The zero-order chi connectivity index (χ0) is 17.0. The van der Waals surface area contributed by atoms with Crippen LogP contribution in [0.25, 0.3) is 0 Å². The van der Waals surface area contributed by atoms with Gasteiger partial charge >= 0.3 is 0 Å². The van der Waals surface area contributed by atoms with Crippen LogP contribution in [0.15, 0.2) is 28.6 Å². The number of benzene rings is 1. The first-order valence-corrected chi connectivity index (χ1v) is 9.42. The van der Waals surface area contributed by atoms with E-state index < -0.39 is 15.9 Å². The van der Waals surface area contributed by atoms with Gasteiger partial charge in [-0.15, -0.1) is 10.2 Å². The Bertz CT molecular complexity index is 790. The number of nitrogens with zero attached hydrogens (tertiary/aromatic N) is 2. The molecule has 0 aliphatic heterocycles. The van der Waals surface area contributed by atoms with Crippen molar-refractivity contribution in [2.24, 2.45) is 0 Å². The zero-order valence-corrected chi connectivity index (χ0v) is 14.8. The molecule has 0 fully saturated rings. The lowest BCUT2D eigenvalue weighted by Crippen LogP contribution is -2.31. The second-order valence-corrected chi connectivity index (χ2v) is 8.07. The van der Waals surface area contributed by atoms with Crippen LogP contribution in [-0.4, -0.2) is 30.6 Å². The van der Waals surface area contributed by atoms with Gasteiger partial charge in [-0.05, 0) is 37.6 Å². The second-order valence-electron chi connectivity index (χ2n) is 4.76. The smallest absolute Gasteiger partial charge is 0.270 e. The maximum Gasteiger partial charge on any atom is 0.270 e. The Morgan fingerprint density at radius 1 is 1.30 bits per heavy atom. The Morgan fingerprint density at radius 3 is 2.57 bits per heavy atom. The molecule has 7 nitrogen and oxygen atoms in total. The first kappa shape index (κ1) is 17.8. The van der Waals surface area contributed by atoms with Crippen molar-refractivity contribution in [1.82, 2.24) is 14.9 Å². The summed E-state index contributed by atoms with van der Waals surface area (Å²) in [6, 6.07) is 6.07. The van der Waals surface area contributed by atoms with Gasteiger partial charge < -0.3 is 0 Å². The molecule has 2 N–H and O–H groups in total. The SMILES string of the molecule is CCC(C)NS(=O)(=O)c1nnc(NC(=O)c2ccc(Cl)cc2)s1. The summed E-state index contributed by atoms with van der Waals surface area (Å²) in [5.74, 6) is -0.420. The Labute approximate surface area is 143 Å². The molecule has 1 atom stereocenters. The molecule has 1 heterocycles. The highest BCUT2D eigenvalue weighted by Crippen LogP contribution is 2.21. The van der Waals surface area contributed by atoms with Crippen molar-refractivity contribution in [3.05, 3.63) is 34.9 Å². The van der Waals surface area contributed by atoms with Crippen molar-refractivity contribution in [1.29, 1.82) is 0 Å². The van der Waals surface area contributed by atoms with Crippen molar-refractivity contribution >= 4 is 44.0 Å². The van der Waals surface area contributed by atoms with Crippen LogP contribution in [0.1, 0.15) is 30.6 Å². The third kappa shape index (κ3) is 4.71. The van der Waals surface area contributed by atoms with Crippen LogP contribution in [0.5, 0.6) is 0 Å². The average Bonchev–Trinajstić information content (AvgIpc) is 2.96. The van der Waals surface area contributed by atoms with Crippen LogP contribution in [0, 0.1) is 0 Å². The molecule has 0 aliphatic rings. The quantitative estimate of drug-likeness (QED) is 0.756. The summed E-state index contributed by atoms with van der Waals surface area (Å²) in [5.41, 5.74) is 0.381. The topological polar surface area (TPSA) is 101 Å². The molecular weight excluding hydrogens is 360 g/mol. The van der Waals surface area contributed by atoms with E-state index in [2.05, 4.69) is 20.2 Å². The van der Waals surface area contributed by atoms with Crippen molar-refractivity contribution in [2.45, 2.75) is 30.6 Å². The van der Waals surface area contributed by atoms with Gasteiger partial charge in [0.1, 0.15) is 0 Å². The molecule has 0 saturated carbocycles. The molecule has 1 unspecified atom stereocenters. The molecule has 0 saturated heterocycles. The average molecular weight is 375 g/mol. The third-order valence-electron chi connectivity index (χ3n) is 2.93. The maximum atomic E-state index is 12.1. The zero-order valence-electron chi connectivity index (χ0n) is 12.4. The molecule has 0 radical (unpaired) electrons. The van der Waals surface area contributed by atoms with Crippen molar-refractivity contribution in [2.75, 3.05) is 5.32 Å². The van der Waals surface area contributed by atoms with Crippen molar-refractivity contribution < 1.29 is 13.2 Å².